The van der Waals surface area contributed by atoms with Crippen LogP contribution in [0.3, 0.4) is 0 Å². The van der Waals surface area contributed by atoms with Crippen LogP contribution in [0.15, 0.2) is 0 Å². The van der Waals surface area contributed by atoms with Crippen molar-refractivity contribution in [1.29, 1.82) is 1.23 Å². The third kappa shape index (κ3) is 5.37. The molecule has 76 valence electrons. The van der Waals surface area contributed by atoms with E-state index in [2.05, 4.69) is 10.3 Å². The van der Waals surface area contributed by atoms with Gasteiger partial charge in [-0.3, -0.25) is 9.59 Å². The van der Waals surface area contributed by atoms with Gasteiger partial charge in [-0.25, -0.2) is 0 Å². The van der Waals surface area contributed by atoms with Gasteiger partial charge in [0.2, 0.25) is 5.91 Å². The molecule has 0 aromatic carbocycles. The summed E-state index contributed by atoms with van der Waals surface area (Å²) in [6.45, 7) is 2.36. The third-order valence-electron chi connectivity index (χ3n) is 1.58. The molecule has 13 heavy (non-hydrogen) atoms. The molecule has 6 heteroatoms. The molecule has 0 aromatic rings. The Hall–Kier alpha value is -0.883. The van der Waals surface area contributed by atoms with E-state index >= 15 is 0 Å². The van der Waals surface area contributed by atoms with Gasteiger partial charge in [-0.1, -0.05) is 0 Å². The molecule has 0 bridgehead atoms. The molecular formula is C7H16N2O3Si. The minimum Gasteiger partial charge on any atom is -0.480 e. The van der Waals surface area contributed by atoms with E-state index in [0.717, 1.165) is 0 Å². The van der Waals surface area contributed by atoms with Crippen molar-refractivity contribution in [3.05, 3.63) is 0 Å². The Kier molecular flexibility index (Phi) is 5.19. The molecule has 0 fully saturated rings. The first-order chi connectivity index (χ1) is 6.61. The highest BCUT2D eigenvalue weighted by Crippen LogP contribution is 1.96. The maximum absolute atomic E-state index is 11.0. The van der Waals surface area contributed by atoms with E-state index in [0.29, 0.717) is 6.54 Å². The van der Waals surface area contributed by atoms with Crippen molar-refractivity contribution in [2.45, 2.75) is 25.8 Å². The lowest BCUT2D eigenvalue weighted by Gasteiger charge is -2.10. The van der Waals surface area contributed by atoms with Crippen LogP contribution in [-0.2, 0) is 9.59 Å². The first-order valence-electron chi connectivity index (χ1n) is 4.84. The second-order valence-corrected chi connectivity index (χ2v) is 3.00. The molecule has 0 rings (SSSR count). The molecule has 3 N–H and O–H groups in total. The van der Waals surface area contributed by atoms with Crippen molar-refractivity contribution in [2.24, 2.45) is 0 Å². The number of hydrogen-bond donors (Lipinski definition) is 3. The lowest BCUT2D eigenvalue weighted by Crippen LogP contribution is -2.36. The smallest absolute Gasteiger partial charge is 0.320 e. The summed E-state index contributed by atoms with van der Waals surface area (Å²) in [5, 5.41) is 11.3. The summed E-state index contributed by atoms with van der Waals surface area (Å²) < 4.78 is 6.96. The van der Waals surface area contributed by atoms with Gasteiger partial charge in [0.25, 0.3) is 0 Å². The van der Waals surface area contributed by atoms with Crippen molar-refractivity contribution < 1.29 is 14.7 Å². The van der Waals surface area contributed by atoms with Crippen molar-refractivity contribution in [3.63, 3.8) is 0 Å². The molecule has 1 atom stereocenters. The maximum atomic E-state index is 11.0. The Labute approximate surface area is 81.6 Å². The highest BCUT2D eigenvalue weighted by atomic mass is 28.2. The van der Waals surface area contributed by atoms with Crippen molar-refractivity contribution >= 4 is 22.2 Å². The van der Waals surface area contributed by atoms with Gasteiger partial charge < -0.3 is 15.4 Å². The van der Waals surface area contributed by atoms with Crippen LogP contribution in [0.2, 0.25) is 0 Å². The molecule has 0 unspecified atom stereocenters. The number of carboxylic acids is 1. The summed E-state index contributed by atoms with van der Waals surface area (Å²) in [5.74, 6) is -1.14. The van der Waals surface area contributed by atoms with E-state index < -0.39 is 22.3 Å². The number of rotatable bonds is 7. The van der Waals surface area contributed by atoms with Crippen LogP contribution in [0, 0.1) is 0 Å². The number of carbonyl (C=O) groups is 2. The Morgan fingerprint density at radius 1 is 1.69 bits per heavy atom. The lowest BCUT2D eigenvalue weighted by molar-refractivity contribution is -0.139. The van der Waals surface area contributed by atoms with Crippen molar-refractivity contribution in [1.82, 2.24) is 10.3 Å². The second kappa shape index (κ2) is 6.61. The summed E-state index contributed by atoms with van der Waals surface area (Å²) in [6.07, 6.45) is 0.430. The average molecular weight is 205 g/mol. The second-order valence-electron chi connectivity index (χ2n) is 2.59. The van der Waals surface area contributed by atoms with Gasteiger partial charge in [0, 0.05) is 14.2 Å². The zero-order chi connectivity index (χ0) is 11.0. The summed E-state index contributed by atoms with van der Waals surface area (Å²) >= 11 is 0. The van der Waals surface area contributed by atoms with Crippen LogP contribution >= 0.6 is 0 Å². The number of aliphatic carboxylic acids is 1. The first-order valence-corrected chi connectivity index (χ1v) is 4.84. The number of hydrogen-bond acceptors (Lipinski definition) is 3. The molecule has 5 nitrogen and oxygen atoms in total. The standard InChI is InChI=1S/C7H16N2O3Si/c1-2-8-6(10)4-3-5(9-13)7(11)12/h5,9H,2-4H2,1,13H3,(H,8,10)(H,11,12)/t5-/m0/s1/i13D. The molecule has 0 spiro atoms. The molecule has 0 heterocycles. The number of carbonyl (C=O) groups excluding carboxylic acids is 1. The summed E-state index contributed by atoms with van der Waals surface area (Å²) in [6, 6.07) is -0.748. The number of nitrogens with one attached hydrogen (secondary N) is 2. The van der Waals surface area contributed by atoms with E-state index in [1.54, 1.807) is 0 Å². The topological polar surface area (TPSA) is 78.4 Å². The monoisotopic (exact) mass is 205 g/mol. The van der Waals surface area contributed by atoms with Crippen LogP contribution in [0.25, 0.3) is 0 Å². The Balaban J connectivity index is 3.81. The van der Waals surface area contributed by atoms with E-state index in [1.165, 1.54) is 0 Å². The molecule has 0 aliphatic rings. The van der Waals surface area contributed by atoms with Gasteiger partial charge in [0.15, 0.2) is 0 Å². The normalized spacial score (nSPS) is 14.1. The Bertz CT molecular complexity index is 203. The molecular weight excluding hydrogens is 188 g/mol. The van der Waals surface area contributed by atoms with Crippen LogP contribution in [0.1, 0.15) is 19.8 Å². The Morgan fingerprint density at radius 2 is 2.38 bits per heavy atom. The molecule has 0 radical (unpaired) electrons. The molecule has 0 saturated carbocycles. The fourth-order valence-corrected chi connectivity index (χ4v) is 1.25. The lowest BCUT2D eigenvalue weighted by atomic mass is 10.1. The van der Waals surface area contributed by atoms with Crippen molar-refractivity contribution in [3.8, 4) is 0 Å². The first kappa shape index (κ1) is 10.2. The van der Waals surface area contributed by atoms with E-state index in [9.17, 15) is 9.59 Å². The largest absolute Gasteiger partial charge is 0.480 e. The van der Waals surface area contributed by atoms with Crippen LogP contribution < -0.4 is 10.3 Å². The minimum atomic E-state index is -1.25. The minimum absolute atomic E-state index is 0.146. The van der Waals surface area contributed by atoms with Crippen LogP contribution in [-0.4, -0.2) is 41.1 Å². The van der Waals surface area contributed by atoms with E-state index in [-0.39, 0.29) is 18.7 Å². The molecule has 1 amide bonds. The molecule has 0 aromatic heterocycles. The average Bonchev–Trinajstić information content (AvgIpc) is 2.12. The maximum Gasteiger partial charge on any atom is 0.320 e. The number of amides is 1. The molecule has 0 aliphatic carbocycles. The number of carboxylic acid groups (broad SMARTS) is 1. The molecule has 0 saturated heterocycles. The van der Waals surface area contributed by atoms with Crippen LogP contribution in [0.5, 0.6) is 0 Å². The summed E-state index contributed by atoms with van der Waals surface area (Å²) in [7, 11) is -1.25. The summed E-state index contributed by atoms with van der Waals surface area (Å²) in [4.78, 5) is 24.2. The fraction of sp³-hybridized carbons (Fsp3) is 0.714. The fourth-order valence-electron chi connectivity index (χ4n) is 0.874. The zero-order valence-electron chi connectivity index (χ0n) is 8.67. The van der Waals surface area contributed by atoms with Crippen molar-refractivity contribution in [2.75, 3.05) is 6.54 Å². The SMILES string of the molecule is [2H][SiH2]N[C@@H](CCC(=O)NCC)C(=O)O. The van der Waals surface area contributed by atoms with Crippen LogP contribution in [0.4, 0.5) is 0 Å². The highest BCUT2D eigenvalue weighted by Gasteiger charge is 2.15. The van der Waals surface area contributed by atoms with E-state index in [4.69, 9.17) is 6.34 Å². The van der Waals surface area contributed by atoms with Gasteiger partial charge >= 0.3 is 5.97 Å². The van der Waals surface area contributed by atoms with Gasteiger partial charge in [0.05, 0.1) is 16.4 Å². The zero-order valence-corrected chi connectivity index (χ0v) is 9.08. The Morgan fingerprint density at radius 3 is 2.85 bits per heavy atom. The van der Waals surface area contributed by atoms with E-state index in [1.807, 2.05) is 6.92 Å². The predicted molar refractivity (Wildman–Crippen MR) is 52.4 cm³/mol. The van der Waals surface area contributed by atoms with Gasteiger partial charge in [-0.2, -0.15) is 0 Å². The molecule has 0 aliphatic heterocycles. The predicted octanol–water partition coefficient (Wildman–Crippen LogP) is -1.77. The third-order valence-corrected chi connectivity index (χ3v) is 2.07. The van der Waals surface area contributed by atoms with Gasteiger partial charge in [-0.15, -0.1) is 0 Å². The van der Waals surface area contributed by atoms with Gasteiger partial charge in [-0.05, 0) is 13.3 Å². The summed E-state index contributed by atoms with van der Waals surface area (Å²) in [5.41, 5.74) is 0. The van der Waals surface area contributed by atoms with Gasteiger partial charge in [0.1, 0.15) is 0 Å². The highest BCUT2D eigenvalue weighted by molar-refractivity contribution is 6.06. The quantitative estimate of drug-likeness (QED) is 0.430.